The van der Waals surface area contributed by atoms with Gasteiger partial charge in [0.15, 0.2) is 0 Å². The van der Waals surface area contributed by atoms with Crippen LogP contribution in [0.5, 0.6) is 0 Å². The third-order valence-corrected chi connectivity index (χ3v) is 8.38. The zero-order chi connectivity index (χ0) is 28.0. The van der Waals surface area contributed by atoms with Crippen LogP contribution in [0.3, 0.4) is 0 Å². The standard InChI is InChI=1S/C31H33ClN4O4/c1-18-5-4-6-24(32)28(18)29-23(30(40-34-29)20-7-8-20)17-39-22-11-13-36(14-12-22)26-10-9-21(15-19(26)2)25-16-27(31(37)38)35(3)33-25/h4-6,9-10,15-16,20,22H,7-8,11-14,17H2,1-3H3,(H,37,38). The average Bonchev–Trinajstić information content (AvgIpc) is 3.57. The fraction of sp³-hybridized carbons (Fsp3) is 0.387. The highest BCUT2D eigenvalue weighted by Crippen LogP contribution is 2.45. The van der Waals surface area contributed by atoms with Gasteiger partial charge in [0.1, 0.15) is 17.1 Å². The van der Waals surface area contributed by atoms with Crippen molar-refractivity contribution in [1.29, 1.82) is 0 Å². The molecule has 0 spiro atoms. The van der Waals surface area contributed by atoms with Crippen LogP contribution in [0.15, 0.2) is 47.0 Å². The van der Waals surface area contributed by atoms with Gasteiger partial charge in [-0.2, -0.15) is 5.10 Å². The Bertz CT molecular complexity index is 1540. The topological polar surface area (TPSA) is 93.6 Å². The molecule has 4 aromatic rings. The minimum absolute atomic E-state index is 0.154. The van der Waals surface area contributed by atoms with E-state index in [1.165, 1.54) is 10.4 Å². The van der Waals surface area contributed by atoms with Crippen LogP contribution in [0.1, 0.15) is 64.5 Å². The number of carboxylic acids is 1. The molecule has 1 saturated carbocycles. The number of hydrogen-bond donors (Lipinski definition) is 1. The number of rotatable bonds is 8. The first-order valence-corrected chi connectivity index (χ1v) is 14.2. The van der Waals surface area contributed by atoms with Gasteiger partial charge in [-0.05, 0) is 74.9 Å². The van der Waals surface area contributed by atoms with Crippen LogP contribution >= 0.6 is 11.6 Å². The summed E-state index contributed by atoms with van der Waals surface area (Å²) in [6.45, 7) is 6.40. The molecule has 6 rings (SSSR count). The zero-order valence-electron chi connectivity index (χ0n) is 23.0. The molecule has 208 valence electrons. The summed E-state index contributed by atoms with van der Waals surface area (Å²) in [5.41, 5.74) is 7.90. The van der Waals surface area contributed by atoms with E-state index in [9.17, 15) is 9.90 Å². The average molecular weight is 561 g/mol. The number of halogens is 1. The summed E-state index contributed by atoms with van der Waals surface area (Å²) in [7, 11) is 1.65. The van der Waals surface area contributed by atoms with Crippen molar-refractivity contribution < 1.29 is 19.2 Å². The van der Waals surface area contributed by atoms with Crippen molar-refractivity contribution in [2.24, 2.45) is 7.05 Å². The number of piperidine rings is 1. The van der Waals surface area contributed by atoms with Gasteiger partial charge in [0.05, 0.1) is 23.4 Å². The third-order valence-electron chi connectivity index (χ3n) is 8.06. The number of carboxylic acid groups (broad SMARTS) is 1. The second kappa shape index (κ2) is 10.7. The predicted octanol–water partition coefficient (Wildman–Crippen LogP) is 6.77. The molecular weight excluding hydrogens is 528 g/mol. The fourth-order valence-electron chi connectivity index (χ4n) is 5.70. The third kappa shape index (κ3) is 5.13. The van der Waals surface area contributed by atoms with Crippen molar-refractivity contribution in [2.75, 3.05) is 18.0 Å². The molecule has 40 heavy (non-hydrogen) atoms. The lowest BCUT2D eigenvalue weighted by atomic mass is 10.00. The van der Waals surface area contributed by atoms with Crippen LogP contribution < -0.4 is 4.90 Å². The van der Waals surface area contributed by atoms with E-state index in [0.717, 1.165) is 78.0 Å². The Morgan fingerprint density at radius 1 is 1.10 bits per heavy atom. The second-order valence-electron chi connectivity index (χ2n) is 10.9. The zero-order valence-corrected chi connectivity index (χ0v) is 23.7. The molecule has 0 atom stereocenters. The van der Waals surface area contributed by atoms with Gasteiger partial charge in [-0.3, -0.25) is 4.68 Å². The lowest BCUT2D eigenvalue weighted by Gasteiger charge is -2.34. The number of aryl methyl sites for hydroxylation is 3. The van der Waals surface area contributed by atoms with Crippen molar-refractivity contribution >= 4 is 23.3 Å². The minimum atomic E-state index is -0.984. The number of ether oxygens (including phenoxy) is 1. The Labute approximate surface area is 238 Å². The number of nitrogens with zero attached hydrogens (tertiary/aromatic N) is 4. The van der Waals surface area contributed by atoms with Crippen LogP contribution in [0.25, 0.3) is 22.5 Å². The molecule has 0 radical (unpaired) electrons. The van der Waals surface area contributed by atoms with Gasteiger partial charge in [0, 0.05) is 48.4 Å². The van der Waals surface area contributed by atoms with Gasteiger partial charge in [-0.1, -0.05) is 35.0 Å². The summed E-state index contributed by atoms with van der Waals surface area (Å²) in [5, 5.41) is 18.9. The van der Waals surface area contributed by atoms with Crippen LogP contribution in [0.2, 0.25) is 5.02 Å². The maximum atomic E-state index is 11.4. The van der Waals surface area contributed by atoms with Crippen LogP contribution in [-0.4, -0.2) is 45.2 Å². The van der Waals surface area contributed by atoms with E-state index >= 15 is 0 Å². The van der Waals surface area contributed by atoms with Crippen LogP contribution in [0.4, 0.5) is 5.69 Å². The summed E-state index contributed by atoms with van der Waals surface area (Å²) >= 11 is 6.59. The predicted molar refractivity (Wildman–Crippen MR) is 154 cm³/mol. The first-order chi connectivity index (χ1) is 19.3. The minimum Gasteiger partial charge on any atom is -0.477 e. The highest BCUT2D eigenvalue weighted by Gasteiger charge is 2.34. The summed E-state index contributed by atoms with van der Waals surface area (Å²) in [5.74, 6) is 0.394. The Hall–Kier alpha value is -3.62. The van der Waals surface area contributed by atoms with Crippen molar-refractivity contribution in [2.45, 2.75) is 58.2 Å². The Balaban J connectivity index is 1.12. The Morgan fingerprint density at radius 3 is 2.52 bits per heavy atom. The molecule has 1 N–H and O–H groups in total. The summed E-state index contributed by atoms with van der Waals surface area (Å²) < 4.78 is 13.7. The molecule has 3 heterocycles. The summed E-state index contributed by atoms with van der Waals surface area (Å²) in [6.07, 6.45) is 4.25. The largest absolute Gasteiger partial charge is 0.477 e. The molecule has 1 saturated heterocycles. The van der Waals surface area contributed by atoms with Crippen LogP contribution in [-0.2, 0) is 18.4 Å². The molecule has 2 aliphatic rings. The molecule has 0 amide bonds. The lowest BCUT2D eigenvalue weighted by Crippen LogP contribution is -2.37. The van der Waals surface area contributed by atoms with Gasteiger partial charge >= 0.3 is 5.97 Å². The van der Waals surface area contributed by atoms with E-state index in [1.54, 1.807) is 13.1 Å². The maximum Gasteiger partial charge on any atom is 0.354 e. The Kier molecular flexibility index (Phi) is 7.15. The number of carbonyl (C=O) groups is 1. The van der Waals surface area contributed by atoms with Gasteiger partial charge < -0.3 is 19.3 Å². The lowest BCUT2D eigenvalue weighted by molar-refractivity contribution is 0.0246. The van der Waals surface area contributed by atoms with Crippen molar-refractivity contribution in [3.05, 3.63) is 75.6 Å². The quantitative estimate of drug-likeness (QED) is 0.254. The highest BCUT2D eigenvalue weighted by molar-refractivity contribution is 6.33. The maximum absolute atomic E-state index is 11.4. The monoisotopic (exact) mass is 560 g/mol. The molecule has 2 aromatic heterocycles. The van der Waals surface area contributed by atoms with Crippen molar-refractivity contribution in [3.8, 4) is 22.5 Å². The van der Waals surface area contributed by atoms with E-state index in [0.29, 0.717) is 23.2 Å². The molecule has 0 unspecified atom stereocenters. The SMILES string of the molecule is Cc1cc(-c2cc(C(=O)O)n(C)n2)ccc1N1CCC(OCc2c(-c3c(C)cccc3Cl)noc2C2CC2)CC1. The van der Waals surface area contributed by atoms with Crippen LogP contribution in [0, 0.1) is 13.8 Å². The van der Waals surface area contributed by atoms with E-state index in [-0.39, 0.29) is 11.8 Å². The molecule has 0 bridgehead atoms. The molecule has 2 fully saturated rings. The number of benzene rings is 2. The number of hydrogen-bond acceptors (Lipinski definition) is 6. The second-order valence-corrected chi connectivity index (χ2v) is 11.3. The number of anilines is 1. The smallest absolute Gasteiger partial charge is 0.354 e. The van der Waals surface area contributed by atoms with E-state index in [4.69, 9.17) is 20.9 Å². The normalized spacial score (nSPS) is 16.1. The van der Waals surface area contributed by atoms with Gasteiger partial charge in [-0.25, -0.2) is 4.79 Å². The van der Waals surface area contributed by atoms with E-state index < -0.39 is 5.97 Å². The molecule has 8 nitrogen and oxygen atoms in total. The van der Waals surface area contributed by atoms with Gasteiger partial charge in [-0.15, -0.1) is 0 Å². The van der Waals surface area contributed by atoms with Crippen molar-refractivity contribution in [3.63, 3.8) is 0 Å². The van der Waals surface area contributed by atoms with Gasteiger partial charge in [0.25, 0.3) is 0 Å². The highest BCUT2D eigenvalue weighted by atomic mass is 35.5. The fourth-order valence-corrected chi connectivity index (χ4v) is 6.01. The first kappa shape index (κ1) is 26.6. The molecule has 1 aliphatic carbocycles. The van der Waals surface area contributed by atoms with Gasteiger partial charge in [0.2, 0.25) is 0 Å². The number of aromatic nitrogens is 3. The number of aromatic carboxylic acids is 1. The molecule has 1 aliphatic heterocycles. The molecule has 9 heteroatoms. The first-order valence-electron chi connectivity index (χ1n) is 13.8. The summed E-state index contributed by atoms with van der Waals surface area (Å²) in [6, 6.07) is 13.7. The van der Waals surface area contributed by atoms with E-state index in [2.05, 4.69) is 34.2 Å². The summed E-state index contributed by atoms with van der Waals surface area (Å²) in [4.78, 5) is 13.8. The molecule has 2 aromatic carbocycles. The Morgan fingerprint density at radius 2 is 1.88 bits per heavy atom. The molecular formula is C31H33ClN4O4. The van der Waals surface area contributed by atoms with E-state index in [1.807, 2.05) is 31.2 Å². The van der Waals surface area contributed by atoms with Crippen molar-refractivity contribution in [1.82, 2.24) is 14.9 Å².